The molecule has 0 aliphatic rings. The van der Waals surface area contributed by atoms with Crippen molar-refractivity contribution in [1.29, 1.82) is 0 Å². The average Bonchev–Trinajstić information content (AvgIpc) is 2.61. The molecule has 0 saturated heterocycles. The second-order valence-corrected chi connectivity index (χ2v) is 5.01. The van der Waals surface area contributed by atoms with E-state index in [9.17, 15) is 0 Å². The van der Waals surface area contributed by atoms with Crippen molar-refractivity contribution < 1.29 is 0 Å². The van der Waals surface area contributed by atoms with Crippen molar-refractivity contribution in [2.24, 2.45) is 12.9 Å². The van der Waals surface area contributed by atoms with Crippen LogP contribution in [-0.4, -0.2) is 9.78 Å². The summed E-state index contributed by atoms with van der Waals surface area (Å²) in [7, 11) is 1.82. The Kier molecular flexibility index (Phi) is 3.92. The number of rotatable bonds is 3. The number of nitrogens with zero attached hydrogens (tertiary/aromatic N) is 2. The molecule has 1 atom stereocenters. The minimum Gasteiger partial charge on any atom is -0.271 e. The molecule has 4 nitrogen and oxygen atoms in total. The summed E-state index contributed by atoms with van der Waals surface area (Å²) in [6, 6.07) is 5.52. The Bertz CT molecular complexity index is 525. The van der Waals surface area contributed by atoms with Gasteiger partial charge in [-0.1, -0.05) is 29.3 Å². The molecule has 0 fully saturated rings. The fourth-order valence-corrected chi connectivity index (χ4v) is 2.58. The number of aromatic nitrogens is 2. The Balaban J connectivity index is 2.52. The molecule has 96 valence electrons. The molecule has 0 aliphatic carbocycles. The van der Waals surface area contributed by atoms with E-state index in [-0.39, 0.29) is 6.04 Å². The lowest BCUT2D eigenvalue weighted by Crippen LogP contribution is -2.30. The Hall–Kier alpha value is -1.07. The van der Waals surface area contributed by atoms with Crippen LogP contribution in [0.4, 0.5) is 0 Å². The standard InChI is InChI=1S/C12H14Cl2N4/c1-7-3-8(5-9(13)4-7)11(17-15)12-10(14)6-16-18(12)2/h3-6,11,17H,15H2,1-2H3. The maximum absolute atomic E-state index is 6.14. The first kappa shape index (κ1) is 13.4. The maximum atomic E-state index is 6.14. The van der Waals surface area contributed by atoms with Crippen molar-refractivity contribution in [1.82, 2.24) is 15.2 Å². The summed E-state index contributed by atoms with van der Waals surface area (Å²) in [5, 5.41) is 5.35. The number of hydrogen-bond acceptors (Lipinski definition) is 3. The fraction of sp³-hybridized carbons (Fsp3) is 0.250. The summed E-state index contributed by atoms with van der Waals surface area (Å²) >= 11 is 12.2. The van der Waals surface area contributed by atoms with E-state index < -0.39 is 0 Å². The van der Waals surface area contributed by atoms with Gasteiger partial charge in [-0.2, -0.15) is 5.10 Å². The van der Waals surface area contributed by atoms with Crippen LogP contribution < -0.4 is 11.3 Å². The van der Waals surface area contributed by atoms with Crippen LogP contribution in [0.3, 0.4) is 0 Å². The highest BCUT2D eigenvalue weighted by Gasteiger charge is 2.20. The van der Waals surface area contributed by atoms with Crippen LogP contribution in [0, 0.1) is 6.92 Å². The van der Waals surface area contributed by atoms with E-state index in [2.05, 4.69) is 10.5 Å². The molecular formula is C12H14Cl2N4. The molecule has 0 amide bonds. The van der Waals surface area contributed by atoms with E-state index in [1.165, 1.54) is 0 Å². The summed E-state index contributed by atoms with van der Waals surface area (Å²) in [5.74, 6) is 5.64. The third kappa shape index (κ3) is 2.52. The van der Waals surface area contributed by atoms with Crippen molar-refractivity contribution in [2.75, 3.05) is 0 Å². The number of nitrogens with two attached hydrogens (primary N) is 1. The predicted molar refractivity (Wildman–Crippen MR) is 73.6 cm³/mol. The highest BCUT2D eigenvalue weighted by Crippen LogP contribution is 2.29. The minimum atomic E-state index is -0.248. The molecule has 3 N–H and O–H groups in total. The van der Waals surface area contributed by atoms with Gasteiger partial charge in [-0.3, -0.25) is 10.5 Å². The number of hydrazine groups is 1. The lowest BCUT2D eigenvalue weighted by Gasteiger charge is -2.18. The number of nitrogens with one attached hydrogen (secondary N) is 1. The van der Waals surface area contributed by atoms with Gasteiger partial charge < -0.3 is 0 Å². The Morgan fingerprint density at radius 3 is 2.56 bits per heavy atom. The second kappa shape index (κ2) is 5.28. The van der Waals surface area contributed by atoms with E-state index in [4.69, 9.17) is 29.0 Å². The Morgan fingerprint density at radius 1 is 1.33 bits per heavy atom. The lowest BCUT2D eigenvalue weighted by atomic mass is 10.0. The molecule has 0 radical (unpaired) electrons. The van der Waals surface area contributed by atoms with Crippen LogP contribution in [0.5, 0.6) is 0 Å². The molecule has 0 bridgehead atoms. The average molecular weight is 285 g/mol. The molecule has 0 spiro atoms. The Morgan fingerprint density at radius 2 is 2.06 bits per heavy atom. The highest BCUT2D eigenvalue weighted by atomic mass is 35.5. The third-order valence-corrected chi connectivity index (χ3v) is 3.28. The van der Waals surface area contributed by atoms with Gasteiger partial charge >= 0.3 is 0 Å². The predicted octanol–water partition coefficient (Wildman–Crippen LogP) is 2.59. The van der Waals surface area contributed by atoms with Gasteiger partial charge in [0.2, 0.25) is 0 Å². The van der Waals surface area contributed by atoms with Gasteiger partial charge in [-0.15, -0.1) is 0 Å². The molecule has 0 aliphatic heterocycles. The smallest absolute Gasteiger partial charge is 0.0893 e. The second-order valence-electron chi connectivity index (χ2n) is 4.16. The number of halogens is 2. The zero-order chi connectivity index (χ0) is 13.3. The van der Waals surface area contributed by atoms with Crippen LogP contribution in [0.15, 0.2) is 24.4 Å². The minimum absolute atomic E-state index is 0.248. The van der Waals surface area contributed by atoms with E-state index in [1.807, 2.05) is 32.2 Å². The zero-order valence-corrected chi connectivity index (χ0v) is 11.6. The largest absolute Gasteiger partial charge is 0.271 e. The SMILES string of the molecule is Cc1cc(Cl)cc(C(NN)c2c(Cl)cnn2C)c1. The fourth-order valence-electron chi connectivity index (χ4n) is 2.01. The third-order valence-electron chi connectivity index (χ3n) is 2.78. The molecule has 0 saturated carbocycles. The summed E-state index contributed by atoms with van der Waals surface area (Å²) in [6.45, 7) is 1.98. The summed E-state index contributed by atoms with van der Waals surface area (Å²) < 4.78 is 1.70. The topological polar surface area (TPSA) is 55.9 Å². The monoisotopic (exact) mass is 284 g/mol. The van der Waals surface area contributed by atoms with Gasteiger partial charge in [-0.25, -0.2) is 5.43 Å². The van der Waals surface area contributed by atoms with Crippen LogP contribution >= 0.6 is 23.2 Å². The lowest BCUT2D eigenvalue weighted by molar-refractivity contribution is 0.575. The molecule has 1 aromatic carbocycles. The van der Waals surface area contributed by atoms with Crippen molar-refractivity contribution in [3.63, 3.8) is 0 Å². The van der Waals surface area contributed by atoms with Gasteiger partial charge in [0, 0.05) is 12.1 Å². The Labute approximate surface area is 116 Å². The van der Waals surface area contributed by atoms with E-state index in [0.29, 0.717) is 10.0 Å². The molecule has 1 aromatic heterocycles. The molecule has 2 aromatic rings. The van der Waals surface area contributed by atoms with Gasteiger partial charge in [0.1, 0.15) is 0 Å². The molecule has 18 heavy (non-hydrogen) atoms. The first-order valence-corrected chi connectivity index (χ1v) is 6.19. The van der Waals surface area contributed by atoms with Gasteiger partial charge in [0.05, 0.1) is 23.0 Å². The van der Waals surface area contributed by atoms with Crippen LogP contribution in [0.1, 0.15) is 22.9 Å². The first-order valence-electron chi connectivity index (χ1n) is 5.43. The number of aryl methyl sites for hydroxylation is 2. The number of benzene rings is 1. The molecular weight excluding hydrogens is 271 g/mol. The summed E-state index contributed by atoms with van der Waals surface area (Å²) in [6.07, 6.45) is 1.60. The summed E-state index contributed by atoms with van der Waals surface area (Å²) in [5.41, 5.74) is 5.58. The molecule has 1 heterocycles. The quantitative estimate of drug-likeness (QED) is 0.673. The van der Waals surface area contributed by atoms with Gasteiger partial charge in [0.25, 0.3) is 0 Å². The summed E-state index contributed by atoms with van der Waals surface area (Å²) in [4.78, 5) is 0. The van der Waals surface area contributed by atoms with Crippen molar-refractivity contribution in [3.8, 4) is 0 Å². The van der Waals surface area contributed by atoms with Crippen molar-refractivity contribution >= 4 is 23.2 Å². The zero-order valence-electron chi connectivity index (χ0n) is 10.1. The van der Waals surface area contributed by atoms with E-state index in [0.717, 1.165) is 16.8 Å². The van der Waals surface area contributed by atoms with Crippen LogP contribution in [0.25, 0.3) is 0 Å². The van der Waals surface area contributed by atoms with Crippen LogP contribution in [0.2, 0.25) is 10.0 Å². The van der Waals surface area contributed by atoms with Crippen molar-refractivity contribution in [3.05, 3.63) is 51.3 Å². The van der Waals surface area contributed by atoms with E-state index in [1.54, 1.807) is 10.9 Å². The highest BCUT2D eigenvalue weighted by molar-refractivity contribution is 6.31. The molecule has 1 unspecified atom stereocenters. The van der Waals surface area contributed by atoms with Gasteiger partial charge in [0.15, 0.2) is 0 Å². The normalized spacial score (nSPS) is 12.7. The van der Waals surface area contributed by atoms with Crippen LogP contribution in [-0.2, 0) is 7.05 Å². The van der Waals surface area contributed by atoms with Crippen molar-refractivity contribution in [2.45, 2.75) is 13.0 Å². The van der Waals surface area contributed by atoms with Gasteiger partial charge in [-0.05, 0) is 30.2 Å². The number of hydrogen-bond donors (Lipinski definition) is 2. The molecule has 2 rings (SSSR count). The maximum Gasteiger partial charge on any atom is 0.0893 e. The van der Waals surface area contributed by atoms with E-state index >= 15 is 0 Å². The molecule has 6 heteroatoms. The first-order chi connectivity index (χ1) is 8.52.